The highest BCUT2D eigenvalue weighted by molar-refractivity contribution is 5.94. The monoisotopic (exact) mass is 448 g/mol. The Morgan fingerprint density at radius 2 is 1.69 bits per heavy atom. The third-order valence-electron chi connectivity index (χ3n) is 5.34. The molecule has 176 valence electrons. The first kappa shape index (κ1) is 25.3. The molecule has 32 heavy (non-hydrogen) atoms. The van der Waals surface area contributed by atoms with Crippen LogP contribution in [0.2, 0.25) is 0 Å². The van der Waals surface area contributed by atoms with Crippen molar-refractivity contribution in [3.05, 3.63) is 35.9 Å². The van der Waals surface area contributed by atoms with Crippen LogP contribution in [0.3, 0.4) is 0 Å². The van der Waals surface area contributed by atoms with E-state index in [0.29, 0.717) is 6.42 Å². The molecule has 1 fully saturated rings. The molecule has 6 N–H and O–H groups in total. The van der Waals surface area contributed by atoms with Gasteiger partial charge in [-0.2, -0.15) is 0 Å². The molecule has 1 aliphatic rings. The third kappa shape index (κ3) is 7.31. The van der Waals surface area contributed by atoms with Gasteiger partial charge in [-0.05, 0) is 30.9 Å². The number of carboxylic acid groups (broad SMARTS) is 1. The number of aliphatic hydroxyl groups is 1. The maximum absolute atomic E-state index is 13.0. The highest BCUT2D eigenvalue weighted by Crippen LogP contribution is 2.08. The van der Waals surface area contributed by atoms with Crippen LogP contribution >= 0.6 is 0 Å². The summed E-state index contributed by atoms with van der Waals surface area (Å²) in [4.78, 5) is 49.4. The van der Waals surface area contributed by atoms with Crippen LogP contribution in [0.25, 0.3) is 0 Å². The first-order valence-electron chi connectivity index (χ1n) is 10.7. The normalized spacial score (nSPS) is 18.4. The van der Waals surface area contributed by atoms with Crippen molar-refractivity contribution in [1.82, 2.24) is 21.3 Å². The van der Waals surface area contributed by atoms with Gasteiger partial charge in [-0.3, -0.25) is 14.4 Å². The molecule has 1 heterocycles. The molecule has 3 amide bonds. The van der Waals surface area contributed by atoms with Crippen molar-refractivity contribution >= 4 is 23.7 Å². The predicted octanol–water partition coefficient (Wildman–Crippen LogP) is -0.832. The average molecular weight is 449 g/mol. The minimum Gasteiger partial charge on any atom is -0.480 e. The zero-order chi connectivity index (χ0) is 23.7. The number of aliphatic hydroxyl groups excluding tert-OH is 1. The van der Waals surface area contributed by atoms with Crippen molar-refractivity contribution in [2.24, 2.45) is 5.92 Å². The van der Waals surface area contributed by atoms with E-state index in [4.69, 9.17) is 0 Å². The minimum absolute atomic E-state index is 0.189. The van der Waals surface area contributed by atoms with E-state index >= 15 is 0 Å². The molecule has 0 spiro atoms. The molecular formula is C22H32N4O6. The zero-order valence-corrected chi connectivity index (χ0v) is 18.3. The first-order valence-corrected chi connectivity index (χ1v) is 10.7. The Labute approximate surface area is 187 Å². The Hall–Kier alpha value is -2.98. The van der Waals surface area contributed by atoms with E-state index in [1.807, 2.05) is 30.3 Å². The highest BCUT2D eigenvalue weighted by Gasteiger charge is 2.32. The van der Waals surface area contributed by atoms with Crippen LogP contribution in [-0.2, 0) is 25.6 Å². The van der Waals surface area contributed by atoms with E-state index in [-0.39, 0.29) is 18.4 Å². The van der Waals surface area contributed by atoms with Crippen LogP contribution in [0, 0.1) is 5.92 Å². The summed E-state index contributed by atoms with van der Waals surface area (Å²) in [6.45, 7) is 3.27. The summed E-state index contributed by atoms with van der Waals surface area (Å²) >= 11 is 0. The second-order valence-corrected chi connectivity index (χ2v) is 8.21. The van der Waals surface area contributed by atoms with Crippen molar-refractivity contribution in [2.75, 3.05) is 13.2 Å². The van der Waals surface area contributed by atoms with Gasteiger partial charge in [0.25, 0.3) is 0 Å². The van der Waals surface area contributed by atoms with Crippen molar-refractivity contribution in [2.45, 2.75) is 57.3 Å². The van der Waals surface area contributed by atoms with Crippen LogP contribution in [0.4, 0.5) is 0 Å². The lowest BCUT2D eigenvalue weighted by atomic mass is 10.0. The van der Waals surface area contributed by atoms with Crippen molar-refractivity contribution in [3.8, 4) is 0 Å². The Kier molecular flexibility index (Phi) is 9.61. The molecule has 4 atom stereocenters. The largest absolute Gasteiger partial charge is 0.480 e. The molecule has 1 aromatic rings. The van der Waals surface area contributed by atoms with Gasteiger partial charge < -0.3 is 31.5 Å². The first-order chi connectivity index (χ1) is 15.2. The van der Waals surface area contributed by atoms with Gasteiger partial charge in [0.05, 0.1) is 12.6 Å². The summed E-state index contributed by atoms with van der Waals surface area (Å²) in [5, 5.41) is 29.5. The van der Waals surface area contributed by atoms with Crippen molar-refractivity contribution < 1.29 is 29.4 Å². The smallest absolute Gasteiger partial charge is 0.326 e. The number of carbonyl (C=O) groups excluding carboxylic acids is 3. The SMILES string of the molecule is CC(C)C(NC(=O)C(CO)NC(=O)C(Cc1ccccc1)NC(=O)C1CCCN1)C(=O)O. The van der Waals surface area contributed by atoms with E-state index in [1.54, 1.807) is 13.8 Å². The predicted molar refractivity (Wildman–Crippen MR) is 117 cm³/mol. The molecule has 0 radical (unpaired) electrons. The van der Waals surface area contributed by atoms with Gasteiger partial charge in [0.15, 0.2) is 0 Å². The molecule has 2 rings (SSSR count). The maximum Gasteiger partial charge on any atom is 0.326 e. The number of aliphatic carboxylic acids is 1. The molecule has 1 saturated heterocycles. The van der Waals surface area contributed by atoms with Crippen molar-refractivity contribution in [1.29, 1.82) is 0 Å². The Morgan fingerprint density at radius 1 is 1.03 bits per heavy atom. The summed E-state index contributed by atoms with van der Waals surface area (Å²) in [6, 6.07) is 5.20. The van der Waals surface area contributed by atoms with Gasteiger partial charge in [0.1, 0.15) is 18.1 Å². The summed E-state index contributed by atoms with van der Waals surface area (Å²) in [5.41, 5.74) is 0.808. The topological polar surface area (TPSA) is 157 Å². The fourth-order valence-electron chi connectivity index (χ4n) is 3.47. The molecule has 10 heteroatoms. The van der Waals surface area contributed by atoms with E-state index in [9.17, 15) is 29.4 Å². The summed E-state index contributed by atoms with van der Waals surface area (Å²) < 4.78 is 0. The molecule has 4 unspecified atom stereocenters. The van der Waals surface area contributed by atoms with Crippen LogP contribution in [0.1, 0.15) is 32.3 Å². The number of hydrogen-bond acceptors (Lipinski definition) is 6. The standard InChI is InChI=1S/C22H32N4O6/c1-13(2)18(22(31)32)26-21(30)17(12-27)25-20(29)16(11-14-7-4-3-5-8-14)24-19(28)15-9-6-10-23-15/h3-5,7-8,13,15-18,23,27H,6,9-12H2,1-2H3,(H,24,28)(H,25,29)(H,26,30)(H,31,32). The lowest BCUT2D eigenvalue weighted by Gasteiger charge is -2.25. The van der Waals surface area contributed by atoms with Gasteiger partial charge in [-0.1, -0.05) is 44.2 Å². The number of carboxylic acids is 1. The second kappa shape index (κ2) is 12.2. The van der Waals surface area contributed by atoms with Gasteiger partial charge in [0.2, 0.25) is 17.7 Å². The van der Waals surface area contributed by atoms with E-state index in [1.165, 1.54) is 0 Å². The van der Waals surface area contributed by atoms with E-state index in [2.05, 4.69) is 21.3 Å². The number of carbonyl (C=O) groups is 4. The Bertz CT molecular complexity index is 795. The molecule has 10 nitrogen and oxygen atoms in total. The molecule has 0 aliphatic carbocycles. The van der Waals surface area contributed by atoms with Gasteiger partial charge >= 0.3 is 5.97 Å². The maximum atomic E-state index is 13.0. The second-order valence-electron chi connectivity index (χ2n) is 8.21. The molecule has 0 saturated carbocycles. The summed E-state index contributed by atoms with van der Waals surface area (Å²) in [7, 11) is 0. The fourth-order valence-corrected chi connectivity index (χ4v) is 3.47. The molecule has 1 aliphatic heterocycles. The quantitative estimate of drug-likeness (QED) is 0.258. The third-order valence-corrected chi connectivity index (χ3v) is 5.34. The lowest BCUT2D eigenvalue weighted by molar-refractivity contribution is -0.143. The lowest BCUT2D eigenvalue weighted by Crippen LogP contribution is -2.59. The highest BCUT2D eigenvalue weighted by atomic mass is 16.4. The number of hydrogen-bond donors (Lipinski definition) is 6. The molecular weight excluding hydrogens is 416 g/mol. The summed E-state index contributed by atoms with van der Waals surface area (Å²) in [6.07, 6.45) is 1.72. The molecule has 0 bridgehead atoms. The number of rotatable bonds is 11. The minimum atomic E-state index is -1.36. The summed E-state index contributed by atoms with van der Waals surface area (Å²) in [5.74, 6) is -3.38. The zero-order valence-electron chi connectivity index (χ0n) is 18.3. The average Bonchev–Trinajstić information content (AvgIpc) is 3.30. The Balaban J connectivity index is 2.10. The van der Waals surface area contributed by atoms with E-state index in [0.717, 1.165) is 18.5 Å². The van der Waals surface area contributed by atoms with Crippen LogP contribution in [0.15, 0.2) is 30.3 Å². The fraction of sp³-hybridized carbons (Fsp3) is 0.545. The van der Waals surface area contributed by atoms with E-state index < -0.39 is 48.4 Å². The number of amides is 3. The van der Waals surface area contributed by atoms with Crippen LogP contribution in [0.5, 0.6) is 0 Å². The number of benzene rings is 1. The molecule has 0 aromatic heterocycles. The molecule has 1 aromatic carbocycles. The number of nitrogens with one attached hydrogen (secondary N) is 4. The van der Waals surface area contributed by atoms with Gasteiger partial charge in [-0.15, -0.1) is 0 Å². The van der Waals surface area contributed by atoms with Crippen LogP contribution < -0.4 is 21.3 Å². The van der Waals surface area contributed by atoms with Crippen LogP contribution in [-0.4, -0.2) is 71.2 Å². The Morgan fingerprint density at radius 3 is 2.22 bits per heavy atom. The van der Waals surface area contributed by atoms with Gasteiger partial charge in [0, 0.05) is 6.42 Å². The van der Waals surface area contributed by atoms with Crippen molar-refractivity contribution in [3.63, 3.8) is 0 Å². The van der Waals surface area contributed by atoms with Gasteiger partial charge in [-0.25, -0.2) is 4.79 Å².